The summed E-state index contributed by atoms with van der Waals surface area (Å²) in [7, 11) is 0. The minimum atomic E-state index is 0.848. The predicted molar refractivity (Wildman–Crippen MR) is 113 cm³/mol. The first-order chi connectivity index (χ1) is 13.3. The lowest BCUT2D eigenvalue weighted by molar-refractivity contribution is 0.188. The van der Waals surface area contributed by atoms with Crippen LogP contribution in [0.2, 0.25) is 0 Å². The molecule has 6 heteroatoms. The van der Waals surface area contributed by atoms with Gasteiger partial charge in [0.1, 0.15) is 5.82 Å². The number of hydrogen-bond acceptors (Lipinski definition) is 4. The zero-order chi connectivity index (χ0) is 18.9. The van der Waals surface area contributed by atoms with Gasteiger partial charge in [0.15, 0.2) is 5.96 Å². The summed E-state index contributed by atoms with van der Waals surface area (Å²) >= 11 is 0. The summed E-state index contributed by atoms with van der Waals surface area (Å²) in [4.78, 5) is 16.8. The third-order valence-electron chi connectivity index (χ3n) is 5.84. The van der Waals surface area contributed by atoms with Gasteiger partial charge in [-0.1, -0.05) is 13.0 Å². The Kier molecular flexibility index (Phi) is 7.75. The number of nitrogens with one attached hydrogen (secondary N) is 1. The van der Waals surface area contributed by atoms with Crippen LogP contribution < -0.4 is 10.2 Å². The van der Waals surface area contributed by atoms with Gasteiger partial charge in [-0.15, -0.1) is 0 Å². The van der Waals surface area contributed by atoms with E-state index in [0.717, 1.165) is 57.0 Å². The van der Waals surface area contributed by atoms with Gasteiger partial charge in [0.05, 0.1) is 0 Å². The molecule has 0 spiro atoms. The van der Waals surface area contributed by atoms with Crippen LogP contribution in [0.15, 0.2) is 29.4 Å². The monoisotopic (exact) mass is 372 g/mol. The highest BCUT2D eigenvalue weighted by molar-refractivity contribution is 5.80. The Morgan fingerprint density at radius 1 is 1.11 bits per heavy atom. The topological polar surface area (TPSA) is 47.0 Å². The molecule has 27 heavy (non-hydrogen) atoms. The second kappa shape index (κ2) is 10.5. The first-order valence-corrected chi connectivity index (χ1v) is 10.7. The number of pyridine rings is 1. The molecule has 1 aromatic rings. The molecule has 0 aliphatic carbocycles. The highest BCUT2D eigenvalue weighted by atomic mass is 15.4. The lowest BCUT2D eigenvalue weighted by Gasteiger charge is -2.37. The van der Waals surface area contributed by atoms with E-state index in [0.29, 0.717) is 0 Å². The first-order valence-electron chi connectivity index (χ1n) is 10.7. The summed E-state index contributed by atoms with van der Waals surface area (Å²) in [5, 5.41) is 3.49. The summed E-state index contributed by atoms with van der Waals surface area (Å²) in [6.45, 7) is 14.0. The molecule has 6 nitrogen and oxygen atoms in total. The van der Waals surface area contributed by atoms with E-state index in [1.165, 1.54) is 38.9 Å². The predicted octanol–water partition coefficient (Wildman–Crippen LogP) is 2.29. The van der Waals surface area contributed by atoms with E-state index in [-0.39, 0.29) is 0 Å². The van der Waals surface area contributed by atoms with E-state index in [2.05, 4.69) is 51.0 Å². The third kappa shape index (κ3) is 5.83. The SMILES string of the molecule is CCNC(=NCCC1CCN(CC)CC1)N1CCN(c2ccccn2)CC1. The van der Waals surface area contributed by atoms with Crippen molar-refractivity contribution in [1.29, 1.82) is 0 Å². The zero-order valence-electron chi connectivity index (χ0n) is 17.1. The molecule has 3 rings (SSSR count). The number of anilines is 1. The number of likely N-dealkylation sites (tertiary alicyclic amines) is 1. The summed E-state index contributed by atoms with van der Waals surface area (Å²) in [6, 6.07) is 6.13. The molecular formula is C21H36N6. The van der Waals surface area contributed by atoms with Crippen LogP contribution in [-0.4, -0.2) is 79.6 Å². The van der Waals surface area contributed by atoms with Crippen LogP contribution in [-0.2, 0) is 0 Å². The number of aliphatic imine (C=N–C) groups is 1. The third-order valence-corrected chi connectivity index (χ3v) is 5.84. The largest absolute Gasteiger partial charge is 0.357 e. The molecule has 1 N–H and O–H groups in total. The van der Waals surface area contributed by atoms with E-state index in [1.54, 1.807) is 0 Å². The fourth-order valence-electron chi connectivity index (χ4n) is 4.06. The molecular weight excluding hydrogens is 336 g/mol. The van der Waals surface area contributed by atoms with Crippen LogP contribution in [0.1, 0.15) is 33.1 Å². The average molecular weight is 373 g/mol. The maximum absolute atomic E-state index is 4.95. The quantitative estimate of drug-likeness (QED) is 0.613. The molecule has 0 radical (unpaired) electrons. The molecule has 1 aromatic heterocycles. The van der Waals surface area contributed by atoms with Crippen LogP contribution in [0.25, 0.3) is 0 Å². The number of piperazine rings is 1. The normalized spacial score (nSPS) is 20.1. The zero-order valence-corrected chi connectivity index (χ0v) is 17.1. The van der Waals surface area contributed by atoms with Crippen molar-refractivity contribution in [2.75, 3.05) is 63.8 Å². The summed E-state index contributed by atoms with van der Waals surface area (Å²) in [6.07, 6.45) is 5.77. The smallest absolute Gasteiger partial charge is 0.194 e. The Labute approximate surface area is 164 Å². The van der Waals surface area contributed by atoms with E-state index < -0.39 is 0 Å². The van der Waals surface area contributed by atoms with Crippen LogP contribution >= 0.6 is 0 Å². The van der Waals surface area contributed by atoms with Crippen molar-refractivity contribution in [2.24, 2.45) is 10.9 Å². The van der Waals surface area contributed by atoms with E-state index in [9.17, 15) is 0 Å². The van der Waals surface area contributed by atoms with Gasteiger partial charge in [-0.25, -0.2) is 4.98 Å². The summed E-state index contributed by atoms with van der Waals surface area (Å²) < 4.78 is 0. The maximum Gasteiger partial charge on any atom is 0.194 e. The van der Waals surface area contributed by atoms with Gasteiger partial charge < -0.3 is 20.0 Å². The highest BCUT2D eigenvalue weighted by Gasteiger charge is 2.21. The van der Waals surface area contributed by atoms with E-state index >= 15 is 0 Å². The van der Waals surface area contributed by atoms with Crippen LogP contribution in [0.5, 0.6) is 0 Å². The van der Waals surface area contributed by atoms with Crippen molar-refractivity contribution in [1.82, 2.24) is 20.1 Å². The fraction of sp³-hybridized carbons (Fsp3) is 0.714. The second-order valence-corrected chi connectivity index (χ2v) is 7.56. The van der Waals surface area contributed by atoms with Gasteiger partial charge in [-0.3, -0.25) is 4.99 Å². The van der Waals surface area contributed by atoms with Crippen LogP contribution in [0.3, 0.4) is 0 Å². The maximum atomic E-state index is 4.95. The number of nitrogens with zero attached hydrogens (tertiary/aromatic N) is 5. The van der Waals surface area contributed by atoms with E-state index in [1.807, 2.05) is 12.3 Å². The average Bonchev–Trinajstić information content (AvgIpc) is 2.74. The lowest BCUT2D eigenvalue weighted by atomic mass is 9.94. The van der Waals surface area contributed by atoms with Gasteiger partial charge in [0.2, 0.25) is 0 Å². The minimum absolute atomic E-state index is 0.848. The Bertz CT molecular complexity index is 559. The number of aromatic nitrogens is 1. The first kappa shape index (κ1) is 19.9. The molecule has 2 aliphatic heterocycles. The second-order valence-electron chi connectivity index (χ2n) is 7.56. The Morgan fingerprint density at radius 2 is 1.89 bits per heavy atom. The highest BCUT2D eigenvalue weighted by Crippen LogP contribution is 2.20. The van der Waals surface area contributed by atoms with Gasteiger partial charge in [0, 0.05) is 45.5 Å². The van der Waals surface area contributed by atoms with Gasteiger partial charge in [-0.05, 0) is 63.9 Å². The van der Waals surface area contributed by atoms with Gasteiger partial charge in [0.25, 0.3) is 0 Å². The van der Waals surface area contributed by atoms with Gasteiger partial charge in [-0.2, -0.15) is 0 Å². The molecule has 0 bridgehead atoms. The van der Waals surface area contributed by atoms with Crippen LogP contribution in [0.4, 0.5) is 5.82 Å². The molecule has 2 saturated heterocycles. The molecule has 3 heterocycles. The standard InChI is InChI=1S/C21H36N6/c1-3-22-21(24-12-8-19-9-13-25(4-2)14-10-19)27-17-15-26(16-18-27)20-7-5-6-11-23-20/h5-7,11,19H,3-4,8-10,12-18H2,1-2H3,(H,22,24). The van der Waals surface area contributed by atoms with Gasteiger partial charge >= 0.3 is 0 Å². The van der Waals surface area contributed by atoms with Crippen molar-refractivity contribution in [2.45, 2.75) is 33.1 Å². The number of piperidine rings is 1. The van der Waals surface area contributed by atoms with Crippen LogP contribution in [0, 0.1) is 5.92 Å². The summed E-state index contributed by atoms with van der Waals surface area (Å²) in [5.41, 5.74) is 0. The Balaban J connectivity index is 1.46. The molecule has 0 aromatic carbocycles. The van der Waals surface area contributed by atoms with E-state index in [4.69, 9.17) is 4.99 Å². The fourth-order valence-corrected chi connectivity index (χ4v) is 4.06. The summed E-state index contributed by atoms with van der Waals surface area (Å²) in [5.74, 6) is 3.02. The molecule has 0 amide bonds. The van der Waals surface area contributed by atoms with Crippen molar-refractivity contribution >= 4 is 11.8 Å². The van der Waals surface area contributed by atoms with Crippen molar-refractivity contribution in [3.05, 3.63) is 24.4 Å². The number of hydrogen-bond donors (Lipinski definition) is 1. The van der Waals surface area contributed by atoms with Crippen molar-refractivity contribution in [3.63, 3.8) is 0 Å². The Hall–Kier alpha value is -1.82. The number of rotatable bonds is 6. The minimum Gasteiger partial charge on any atom is -0.357 e. The molecule has 0 unspecified atom stereocenters. The van der Waals surface area contributed by atoms with Crippen molar-refractivity contribution in [3.8, 4) is 0 Å². The molecule has 150 valence electrons. The Morgan fingerprint density at radius 3 is 2.52 bits per heavy atom. The molecule has 2 fully saturated rings. The molecule has 0 atom stereocenters. The molecule has 2 aliphatic rings. The number of guanidine groups is 1. The molecule has 0 saturated carbocycles. The lowest BCUT2D eigenvalue weighted by Crippen LogP contribution is -2.52. The van der Waals surface area contributed by atoms with Crippen molar-refractivity contribution < 1.29 is 0 Å².